The van der Waals surface area contributed by atoms with Crippen molar-refractivity contribution in [3.05, 3.63) is 65.0 Å². The molecule has 0 saturated carbocycles. The Hall–Kier alpha value is -1.61. The molecule has 2 aromatic carbocycles. The third-order valence-corrected chi connectivity index (χ3v) is 3.93. The molecule has 0 spiro atoms. The molecule has 1 unspecified atom stereocenters. The van der Waals surface area contributed by atoms with Crippen LogP contribution in [0.1, 0.15) is 33.8 Å². The second-order valence-electron chi connectivity index (χ2n) is 4.92. The number of hydrogen-bond acceptors (Lipinski definition) is 2. The number of Topliss-reactive ketones (excluding diaryl/α,β-unsaturated/α-hetero) is 1. The van der Waals surface area contributed by atoms with Gasteiger partial charge in [0.2, 0.25) is 0 Å². The summed E-state index contributed by atoms with van der Waals surface area (Å²) in [6.07, 6.45) is 1.20. The summed E-state index contributed by atoms with van der Waals surface area (Å²) >= 11 is 4.26. The van der Waals surface area contributed by atoms with Crippen LogP contribution in [0.15, 0.2) is 47.4 Å². The predicted octanol–water partition coefficient (Wildman–Crippen LogP) is 4.03. The molecule has 19 heavy (non-hydrogen) atoms. The number of carbonyl (C=O) groups is 1. The average Bonchev–Trinajstić information content (AvgIpc) is 2.38. The minimum Gasteiger partial charge on any atom is -0.294 e. The number of halogens is 1. The second kappa shape index (κ2) is 4.82. The highest BCUT2D eigenvalue weighted by molar-refractivity contribution is 7.80. The summed E-state index contributed by atoms with van der Waals surface area (Å²) in [6, 6.07) is 12.3. The van der Waals surface area contributed by atoms with Gasteiger partial charge in [0, 0.05) is 16.9 Å². The Bertz CT molecular complexity index is 634. The van der Waals surface area contributed by atoms with Crippen molar-refractivity contribution in [2.75, 3.05) is 0 Å². The van der Waals surface area contributed by atoms with Gasteiger partial charge in [-0.05, 0) is 53.8 Å². The average molecular weight is 272 g/mol. The fourth-order valence-corrected chi connectivity index (χ4v) is 2.81. The summed E-state index contributed by atoms with van der Waals surface area (Å²) in [5.41, 5.74) is 2.60. The summed E-state index contributed by atoms with van der Waals surface area (Å²) in [5, 5.41) is 0. The first-order valence-electron chi connectivity index (χ1n) is 6.24. The molecule has 0 aromatic heterocycles. The van der Waals surface area contributed by atoms with Crippen LogP contribution in [0.25, 0.3) is 0 Å². The first-order valence-corrected chi connectivity index (χ1v) is 6.69. The van der Waals surface area contributed by atoms with E-state index in [1.165, 1.54) is 12.1 Å². The lowest BCUT2D eigenvalue weighted by atomic mass is 9.79. The van der Waals surface area contributed by atoms with E-state index in [0.29, 0.717) is 18.4 Å². The molecular weight excluding hydrogens is 259 g/mol. The molecule has 96 valence electrons. The maximum atomic E-state index is 13.3. The van der Waals surface area contributed by atoms with Gasteiger partial charge in [-0.25, -0.2) is 4.39 Å². The predicted molar refractivity (Wildman–Crippen MR) is 75.5 cm³/mol. The van der Waals surface area contributed by atoms with E-state index in [-0.39, 0.29) is 17.5 Å². The van der Waals surface area contributed by atoms with Crippen LogP contribution in [0.2, 0.25) is 0 Å². The third kappa shape index (κ3) is 2.43. The van der Waals surface area contributed by atoms with Gasteiger partial charge in [0.05, 0.1) is 0 Å². The monoisotopic (exact) mass is 272 g/mol. The van der Waals surface area contributed by atoms with Gasteiger partial charge >= 0.3 is 0 Å². The van der Waals surface area contributed by atoms with E-state index in [9.17, 15) is 9.18 Å². The van der Waals surface area contributed by atoms with Gasteiger partial charge in [0.1, 0.15) is 5.82 Å². The van der Waals surface area contributed by atoms with E-state index in [0.717, 1.165) is 16.0 Å². The summed E-state index contributed by atoms with van der Waals surface area (Å²) in [5.74, 6) is -0.0464. The van der Waals surface area contributed by atoms with Crippen molar-refractivity contribution in [2.45, 2.75) is 23.7 Å². The molecular formula is C16H13FOS. The molecule has 3 rings (SSSR count). The Morgan fingerprint density at radius 1 is 1.05 bits per heavy atom. The van der Waals surface area contributed by atoms with Crippen LogP contribution < -0.4 is 0 Å². The van der Waals surface area contributed by atoms with Crippen LogP contribution in [-0.4, -0.2) is 5.78 Å². The minimum absolute atomic E-state index is 0.0983. The quantitative estimate of drug-likeness (QED) is 0.776. The van der Waals surface area contributed by atoms with Gasteiger partial charge in [-0.3, -0.25) is 4.79 Å². The summed E-state index contributed by atoms with van der Waals surface area (Å²) in [6.45, 7) is 0. The van der Waals surface area contributed by atoms with Crippen LogP contribution >= 0.6 is 12.6 Å². The lowest BCUT2D eigenvalue weighted by molar-refractivity contribution is 0.0964. The molecule has 3 heteroatoms. The molecule has 0 saturated heterocycles. The number of ketones is 1. The van der Waals surface area contributed by atoms with Crippen LogP contribution in [-0.2, 0) is 6.42 Å². The van der Waals surface area contributed by atoms with Gasteiger partial charge in [0.25, 0.3) is 0 Å². The lowest BCUT2D eigenvalue weighted by Crippen LogP contribution is -2.18. The Morgan fingerprint density at radius 3 is 2.53 bits per heavy atom. The minimum atomic E-state index is -0.280. The maximum absolute atomic E-state index is 13.3. The van der Waals surface area contributed by atoms with Crippen molar-refractivity contribution in [3.63, 3.8) is 0 Å². The van der Waals surface area contributed by atoms with Crippen LogP contribution in [0.3, 0.4) is 0 Å². The highest BCUT2D eigenvalue weighted by atomic mass is 32.1. The van der Waals surface area contributed by atoms with Crippen molar-refractivity contribution in [3.8, 4) is 0 Å². The zero-order valence-corrected chi connectivity index (χ0v) is 11.2. The van der Waals surface area contributed by atoms with E-state index in [4.69, 9.17) is 0 Å². The van der Waals surface area contributed by atoms with Crippen LogP contribution in [0.5, 0.6) is 0 Å². The molecule has 0 radical (unpaired) electrons. The molecule has 0 N–H and O–H groups in total. The van der Waals surface area contributed by atoms with E-state index >= 15 is 0 Å². The Morgan fingerprint density at radius 2 is 1.79 bits per heavy atom. The topological polar surface area (TPSA) is 17.1 Å². The maximum Gasteiger partial charge on any atom is 0.163 e. The Balaban J connectivity index is 1.96. The van der Waals surface area contributed by atoms with Crippen LogP contribution in [0.4, 0.5) is 4.39 Å². The lowest BCUT2D eigenvalue weighted by Gasteiger charge is -2.24. The van der Waals surface area contributed by atoms with Crippen molar-refractivity contribution >= 4 is 18.4 Å². The fourth-order valence-electron chi connectivity index (χ4n) is 2.66. The van der Waals surface area contributed by atoms with Gasteiger partial charge in [-0.2, -0.15) is 0 Å². The standard InChI is InChI=1S/C16H13FOS/c17-13-3-6-15-12(8-13)7-11(9-16(15)18)10-1-4-14(19)5-2-10/h1-6,8,11,19H,7,9H2. The first kappa shape index (κ1) is 12.4. The van der Waals surface area contributed by atoms with Crippen molar-refractivity contribution in [2.24, 2.45) is 0 Å². The van der Waals surface area contributed by atoms with Gasteiger partial charge in [0.15, 0.2) is 5.78 Å². The summed E-state index contributed by atoms with van der Waals surface area (Å²) in [7, 11) is 0. The van der Waals surface area contributed by atoms with E-state index < -0.39 is 0 Å². The van der Waals surface area contributed by atoms with Crippen LogP contribution in [0, 0.1) is 5.82 Å². The molecule has 1 aliphatic carbocycles. The number of thiol groups is 1. The molecule has 1 atom stereocenters. The number of rotatable bonds is 1. The molecule has 0 amide bonds. The molecule has 1 aliphatic rings. The van der Waals surface area contributed by atoms with E-state index in [1.807, 2.05) is 24.3 Å². The van der Waals surface area contributed by atoms with Gasteiger partial charge in [-0.1, -0.05) is 12.1 Å². The van der Waals surface area contributed by atoms with Crippen molar-refractivity contribution in [1.82, 2.24) is 0 Å². The number of hydrogen-bond donors (Lipinski definition) is 1. The number of carbonyl (C=O) groups excluding carboxylic acids is 1. The Labute approximate surface area is 116 Å². The summed E-state index contributed by atoms with van der Waals surface area (Å²) in [4.78, 5) is 13.0. The van der Waals surface area contributed by atoms with Gasteiger partial charge in [-0.15, -0.1) is 12.6 Å². The van der Waals surface area contributed by atoms with Crippen molar-refractivity contribution < 1.29 is 9.18 Å². The first-order chi connectivity index (χ1) is 9.13. The molecule has 2 aromatic rings. The molecule has 0 fully saturated rings. The largest absolute Gasteiger partial charge is 0.294 e. The third-order valence-electron chi connectivity index (χ3n) is 3.63. The highest BCUT2D eigenvalue weighted by Crippen LogP contribution is 2.33. The number of fused-ring (bicyclic) bond motifs is 1. The fraction of sp³-hybridized carbons (Fsp3) is 0.188. The van der Waals surface area contributed by atoms with Gasteiger partial charge < -0.3 is 0 Å². The Kier molecular flexibility index (Phi) is 3.15. The molecule has 1 nitrogen and oxygen atoms in total. The highest BCUT2D eigenvalue weighted by Gasteiger charge is 2.26. The smallest absolute Gasteiger partial charge is 0.163 e. The SMILES string of the molecule is O=C1CC(c2ccc(S)cc2)Cc2cc(F)ccc21. The zero-order chi connectivity index (χ0) is 13.4. The molecule has 0 aliphatic heterocycles. The van der Waals surface area contributed by atoms with Crippen molar-refractivity contribution in [1.29, 1.82) is 0 Å². The van der Waals surface area contributed by atoms with E-state index in [2.05, 4.69) is 12.6 Å². The normalized spacial score (nSPS) is 18.2. The molecule has 0 heterocycles. The second-order valence-corrected chi connectivity index (χ2v) is 5.44. The van der Waals surface area contributed by atoms with E-state index in [1.54, 1.807) is 6.07 Å². The molecule has 0 bridgehead atoms. The summed E-state index contributed by atoms with van der Waals surface area (Å²) < 4.78 is 13.3. The zero-order valence-electron chi connectivity index (χ0n) is 10.3. The number of benzene rings is 2.